The van der Waals surface area contributed by atoms with Crippen molar-refractivity contribution >= 4 is 11.9 Å². The van der Waals surface area contributed by atoms with Crippen molar-refractivity contribution < 1.29 is 13.9 Å². The molecule has 7 heteroatoms. The first kappa shape index (κ1) is 22.6. The highest BCUT2D eigenvalue weighted by Gasteiger charge is 2.23. The van der Waals surface area contributed by atoms with Crippen LogP contribution in [0.15, 0.2) is 47.5 Å². The summed E-state index contributed by atoms with van der Waals surface area (Å²) in [7, 11) is 0. The van der Waals surface area contributed by atoms with Gasteiger partial charge in [-0.2, -0.15) is 0 Å². The zero-order chi connectivity index (χ0) is 22.1. The summed E-state index contributed by atoms with van der Waals surface area (Å²) in [5, 5.41) is 9.46. The Labute approximate surface area is 183 Å². The van der Waals surface area contributed by atoms with Crippen molar-refractivity contribution in [1.82, 2.24) is 16.0 Å². The molecule has 1 amide bonds. The van der Waals surface area contributed by atoms with Crippen LogP contribution in [0.2, 0.25) is 0 Å². The fourth-order valence-corrected chi connectivity index (χ4v) is 3.04. The van der Waals surface area contributed by atoms with E-state index in [-0.39, 0.29) is 18.3 Å². The molecule has 0 spiro atoms. The molecule has 2 aromatic rings. The van der Waals surface area contributed by atoms with Gasteiger partial charge in [0.2, 0.25) is 0 Å². The molecule has 0 radical (unpaired) electrons. The number of aryl methyl sites for hydroxylation is 1. The van der Waals surface area contributed by atoms with E-state index in [4.69, 9.17) is 4.74 Å². The van der Waals surface area contributed by atoms with E-state index in [9.17, 15) is 9.18 Å². The van der Waals surface area contributed by atoms with Crippen LogP contribution < -0.4 is 20.7 Å². The van der Waals surface area contributed by atoms with Crippen molar-refractivity contribution in [3.05, 3.63) is 65.0 Å². The highest BCUT2D eigenvalue weighted by Crippen LogP contribution is 2.18. The van der Waals surface area contributed by atoms with E-state index < -0.39 is 0 Å². The minimum Gasteiger partial charge on any atom is -0.484 e. The van der Waals surface area contributed by atoms with Crippen molar-refractivity contribution in [2.75, 3.05) is 19.7 Å². The number of carbonyl (C=O) groups is 1. The number of carbonyl (C=O) groups excluding carboxylic acids is 1. The second kappa shape index (κ2) is 11.3. The molecule has 0 saturated heterocycles. The summed E-state index contributed by atoms with van der Waals surface area (Å²) < 4.78 is 18.9. The maximum Gasteiger partial charge on any atom is 0.258 e. The van der Waals surface area contributed by atoms with Crippen LogP contribution in [-0.4, -0.2) is 37.6 Å². The molecule has 0 aliphatic heterocycles. The number of aliphatic imine (C=N–C) groups is 1. The average Bonchev–Trinajstić information content (AvgIpc) is 3.58. The van der Waals surface area contributed by atoms with Gasteiger partial charge in [-0.15, -0.1) is 0 Å². The lowest BCUT2D eigenvalue weighted by molar-refractivity contribution is -0.123. The minimum absolute atomic E-state index is 0.0491. The van der Waals surface area contributed by atoms with Gasteiger partial charge in [0.05, 0.1) is 6.54 Å². The molecule has 1 aliphatic rings. The Morgan fingerprint density at radius 2 is 1.87 bits per heavy atom. The Hall–Kier alpha value is -3.09. The first-order valence-electron chi connectivity index (χ1n) is 10.8. The van der Waals surface area contributed by atoms with Gasteiger partial charge in [0.1, 0.15) is 11.6 Å². The van der Waals surface area contributed by atoms with Crippen molar-refractivity contribution in [2.24, 2.45) is 4.99 Å². The van der Waals surface area contributed by atoms with Gasteiger partial charge >= 0.3 is 0 Å². The zero-order valence-electron chi connectivity index (χ0n) is 18.2. The lowest BCUT2D eigenvalue weighted by Gasteiger charge is -2.12. The number of guanidine groups is 1. The third-order valence-corrected chi connectivity index (χ3v) is 4.93. The van der Waals surface area contributed by atoms with E-state index in [0.717, 1.165) is 49.4 Å². The molecule has 0 aromatic heterocycles. The van der Waals surface area contributed by atoms with Crippen molar-refractivity contribution in [2.45, 2.75) is 45.7 Å². The Kier molecular flexibility index (Phi) is 8.27. The number of halogens is 1. The molecule has 3 N–H and O–H groups in total. The maximum atomic E-state index is 13.4. The molecule has 0 heterocycles. The minimum atomic E-state index is -0.198. The van der Waals surface area contributed by atoms with Gasteiger partial charge in [-0.25, -0.2) is 9.38 Å². The Bertz CT molecular complexity index is 895. The summed E-state index contributed by atoms with van der Waals surface area (Å²) in [5.41, 5.74) is 2.76. The molecular weight excluding hydrogens is 395 g/mol. The quantitative estimate of drug-likeness (QED) is 0.403. The van der Waals surface area contributed by atoms with Crippen LogP contribution in [0.4, 0.5) is 4.39 Å². The largest absolute Gasteiger partial charge is 0.484 e. The molecule has 3 rings (SSSR count). The molecule has 6 nitrogen and oxygen atoms in total. The molecule has 0 atom stereocenters. The van der Waals surface area contributed by atoms with Crippen LogP contribution in [-0.2, 0) is 17.8 Å². The van der Waals surface area contributed by atoms with Crippen LogP contribution in [0, 0.1) is 12.7 Å². The van der Waals surface area contributed by atoms with Crippen molar-refractivity contribution in [3.63, 3.8) is 0 Å². The predicted molar refractivity (Wildman–Crippen MR) is 121 cm³/mol. The molecule has 0 bridgehead atoms. The van der Waals surface area contributed by atoms with Gasteiger partial charge in [-0.1, -0.05) is 24.3 Å². The number of nitrogens with zero attached hydrogens (tertiary/aromatic N) is 1. The van der Waals surface area contributed by atoms with Gasteiger partial charge in [0.25, 0.3) is 5.91 Å². The summed E-state index contributed by atoms with van der Waals surface area (Å²) >= 11 is 0. The fourth-order valence-electron chi connectivity index (χ4n) is 3.04. The zero-order valence-corrected chi connectivity index (χ0v) is 18.2. The van der Waals surface area contributed by atoms with Gasteiger partial charge < -0.3 is 20.7 Å². The Balaban J connectivity index is 1.42. The number of ether oxygens (including phenoxy) is 1. The van der Waals surface area contributed by atoms with Gasteiger partial charge in [0, 0.05) is 19.1 Å². The standard InChI is InChI=1S/C24H31FN4O2/c1-3-26-24(28-15-19-6-11-22(25)17(2)14-19)27-13-12-18-4-9-21(10-5-18)31-16-23(30)29-20-7-8-20/h4-6,9-11,14,20H,3,7-8,12-13,15-16H2,1-2H3,(H,29,30)(H2,26,27,28). The fraction of sp³-hybridized carbons (Fsp3) is 0.417. The van der Waals surface area contributed by atoms with Crippen LogP contribution in [0.25, 0.3) is 0 Å². The van der Waals surface area contributed by atoms with Gasteiger partial charge in [-0.05, 0) is 68.0 Å². The molecular formula is C24H31FN4O2. The summed E-state index contributed by atoms with van der Waals surface area (Å²) in [6.45, 7) is 5.78. The number of hydrogen-bond donors (Lipinski definition) is 3. The van der Waals surface area contributed by atoms with E-state index in [2.05, 4.69) is 20.9 Å². The van der Waals surface area contributed by atoms with E-state index in [1.54, 1.807) is 13.0 Å². The maximum absolute atomic E-state index is 13.4. The van der Waals surface area contributed by atoms with Crippen molar-refractivity contribution in [1.29, 1.82) is 0 Å². The monoisotopic (exact) mass is 426 g/mol. The normalized spacial score (nSPS) is 13.6. The smallest absolute Gasteiger partial charge is 0.258 e. The molecule has 0 unspecified atom stereocenters. The lowest BCUT2D eigenvalue weighted by Crippen LogP contribution is -2.38. The molecule has 166 valence electrons. The summed E-state index contributed by atoms with van der Waals surface area (Å²) in [6.07, 6.45) is 2.96. The number of amides is 1. The number of hydrogen-bond acceptors (Lipinski definition) is 3. The Morgan fingerprint density at radius 3 is 2.55 bits per heavy atom. The van der Waals surface area contributed by atoms with E-state index in [1.807, 2.05) is 37.3 Å². The van der Waals surface area contributed by atoms with Gasteiger partial charge in [-0.3, -0.25) is 4.79 Å². The first-order valence-corrected chi connectivity index (χ1v) is 10.8. The predicted octanol–water partition coefficient (Wildman–Crippen LogP) is 3.09. The van der Waals surface area contributed by atoms with Crippen LogP contribution >= 0.6 is 0 Å². The SMILES string of the molecule is CCNC(=NCc1ccc(F)c(C)c1)NCCc1ccc(OCC(=O)NC2CC2)cc1. The van der Waals surface area contributed by atoms with E-state index in [1.165, 1.54) is 6.07 Å². The summed E-state index contributed by atoms with van der Waals surface area (Å²) in [4.78, 5) is 16.3. The second-order valence-electron chi connectivity index (χ2n) is 7.73. The molecule has 2 aromatic carbocycles. The third-order valence-electron chi connectivity index (χ3n) is 4.93. The third kappa shape index (κ3) is 7.92. The van der Waals surface area contributed by atoms with Crippen molar-refractivity contribution in [3.8, 4) is 5.75 Å². The number of nitrogens with one attached hydrogen (secondary N) is 3. The van der Waals surface area contributed by atoms with E-state index >= 15 is 0 Å². The van der Waals surface area contributed by atoms with Gasteiger partial charge in [0.15, 0.2) is 12.6 Å². The molecule has 1 aliphatic carbocycles. The summed E-state index contributed by atoms with van der Waals surface area (Å²) in [5.74, 6) is 1.15. The average molecular weight is 427 g/mol. The highest BCUT2D eigenvalue weighted by molar-refractivity contribution is 5.79. The highest BCUT2D eigenvalue weighted by atomic mass is 19.1. The summed E-state index contributed by atoms with van der Waals surface area (Å²) in [6, 6.07) is 13.2. The van der Waals surface area contributed by atoms with Crippen LogP contribution in [0.1, 0.15) is 36.5 Å². The Morgan fingerprint density at radius 1 is 1.13 bits per heavy atom. The first-order chi connectivity index (χ1) is 15.0. The van der Waals surface area contributed by atoms with Crippen LogP contribution in [0.5, 0.6) is 5.75 Å². The van der Waals surface area contributed by atoms with E-state index in [0.29, 0.717) is 23.9 Å². The van der Waals surface area contributed by atoms with Crippen LogP contribution in [0.3, 0.4) is 0 Å². The number of benzene rings is 2. The second-order valence-corrected chi connectivity index (χ2v) is 7.73. The number of rotatable bonds is 10. The molecule has 1 saturated carbocycles. The topological polar surface area (TPSA) is 74.8 Å². The molecule has 31 heavy (non-hydrogen) atoms. The lowest BCUT2D eigenvalue weighted by atomic mass is 10.1. The molecule has 1 fully saturated rings.